The van der Waals surface area contributed by atoms with E-state index in [1.165, 1.54) is 12.1 Å². The molecule has 0 saturated heterocycles. The van der Waals surface area contributed by atoms with Crippen LogP contribution in [0.25, 0.3) is 10.9 Å². The summed E-state index contributed by atoms with van der Waals surface area (Å²) in [6.07, 6.45) is -2.69. The van der Waals surface area contributed by atoms with Crippen LogP contribution in [0.15, 0.2) is 16.6 Å². The molecule has 0 spiro atoms. The van der Waals surface area contributed by atoms with E-state index in [-0.39, 0.29) is 16.6 Å². The van der Waals surface area contributed by atoms with E-state index >= 15 is 0 Å². The summed E-state index contributed by atoms with van der Waals surface area (Å²) < 4.78 is 38.3. The van der Waals surface area contributed by atoms with Crippen molar-refractivity contribution >= 4 is 26.8 Å². The van der Waals surface area contributed by atoms with Crippen LogP contribution < -0.4 is 0 Å². The van der Waals surface area contributed by atoms with Crippen molar-refractivity contribution in [2.75, 3.05) is 0 Å². The van der Waals surface area contributed by atoms with Gasteiger partial charge in [-0.25, -0.2) is 13.2 Å². The SMILES string of the molecule is Fc1cc(Br)cc2c(C(F)F)[nH]nc12. The number of H-pyrrole nitrogens is 1. The molecular formula is C8H4BrF3N2. The maximum absolute atomic E-state index is 13.2. The normalized spacial score (nSPS) is 11.5. The summed E-state index contributed by atoms with van der Waals surface area (Å²) in [5.74, 6) is -0.627. The molecule has 1 aromatic heterocycles. The van der Waals surface area contributed by atoms with Gasteiger partial charge in [0.05, 0.1) is 0 Å². The van der Waals surface area contributed by atoms with Gasteiger partial charge in [-0.15, -0.1) is 0 Å². The number of aromatic amines is 1. The van der Waals surface area contributed by atoms with Gasteiger partial charge in [-0.3, -0.25) is 5.10 Å². The second-order valence-corrected chi connectivity index (χ2v) is 3.64. The average molecular weight is 265 g/mol. The molecule has 1 N–H and O–H groups in total. The molecule has 0 amide bonds. The monoisotopic (exact) mass is 264 g/mol. The molecule has 0 aliphatic heterocycles. The molecule has 0 aliphatic rings. The van der Waals surface area contributed by atoms with Gasteiger partial charge in [-0.05, 0) is 12.1 Å². The van der Waals surface area contributed by atoms with Gasteiger partial charge in [0, 0.05) is 9.86 Å². The zero-order valence-electron chi connectivity index (χ0n) is 6.69. The van der Waals surface area contributed by atoms with E-state index in [0.717, 1.165) is 0 Å². The Morgan fingerprint density at radius 1 is 1.36 bits per heavy atom. The van der Waals surface area contributed by atoms with Crippen LogP contribution in [0.4, 0.5) is 13.2 Å². The van der Waals surface area contributed by atoms with Gasteiger partial charge in [0.1, 0.15) is 11.2 Å². The number of halogens is 4. The molecule has 1 aromatic carbocycles. The van der Waals surface area contributed by atoms with Crippen LogP contribution in [0.2, 0.25) is 0 Å². The number of aromatic nitrogens is 2. The molecule has 0 radical (unpaired) electrons. The highest BCUT2D eigenvalue weighted by Crippen LogP contribution is 2.29. The first-order valence-electron chi connectivity index (χ1n) is 3.70. The van der Waals surface area contributed by atoms with Gasteiger partial charge < -0.3 is 0 Å². The van der Waals surface area contributed by atoms with Crippen LogP contribution in [0.5, 0.6) is 0 Å². The van der Waals surface area contributed by atoms with Gasteiger partial charge in [-0.1, -0.05) is 15.9 Å². The molecule has 0 unspecified atom stereocenters. The first-order valence-corrected chi connectivity index (χ1v) is 4.50. The third kappa shape index (κ3) is 1.39. The third-order valence-electron chi connectivity index (χ3n) is 1.82. The largest absolute Gasteiger partial charge is 0.280 e. The highest BCUT2D eigenvalue weighted by molar-refractivity contribution is 9.10. The maximum atomic E-state index is 13.2. The molecule has 0 bridgehead atoms. The van der Waals surface area contributed by atoms with E-state index in [9.17, 15) is 13.2 Å². The van der Waals surface area contributed by atoms with Crippen molar-refractivity contribution in [3.63, 3.8) is 0 Å². The fourth-order valence-electron chi connectivity index (χ4n) is 1.23. The number of alkyl halides is 2. The predicted molar refractivity (Wildman–Crippen MR) is 48.7 cm³/mol. The lowest BCUT2D eigenvalue weighted by molar-refractivity contribution is 0.147. The van der Waals surface area contributed by atoms with E-state index in [2.05, 4.69) is 26.1 Å². The first kappa shape index (κ1) is 9.51. The second-order valence-electron chi connectivity index (χ2n) is 2.72. The quantitative estimate of drug-likeness (QED) is 0.841. The van der Waals surface area contributed by atoms with E-state index in [0.29, 0.717) is 4.47 Å². The second kappa shape index (κ2) is 3.27. The molecule has 0 fully saturated rings. The fourth-order valence-corrected chi connectivity index (χ4v) is 1.66. The molecule has 2 nitrogen and oxygen atoms in total. The molecule has 2 rings (SSSR count). The Labute approximate surface area is 85.2 Å². The Hall–Kier alpha value is -1.04. The summed E-state index contributed by atoms with van der Waals surface area (Å²) in [6, 6.07) is 2.59. The lowest BCUT2D eigenvalue weighted by Crippen LogP contribution is -1.84. The highest BCUT2D eigenvalue weighted by Gasteiger charge is 2.17. The standard InChI is InChI=1S/C8H4BrF3N2/c9-3-1-4-6(5(10)2-3)13-14-7(4)8(11)12/h1-2,8H,(H,13,14). The van der Waals surface area contributed by atoms with Crippen LogP contribution in [-0.4, -0.2) is 10.2 Å². The third-order valence-corrected chi connectivity index (χ3v) is 2.28. The smallest absolute Gasteiger partial charge is 0.275 e. The lowest BCUT2D eigenvalue weighted by atomic mass is 10.2. The van der Waals surface area contributed by atoms with Gasteiger partial charge in [-0.2, -0.15) is 5.10 Å². The molecule has 0 saturated carbocycles. The summed E-state index contributed by atoms with van der Waals surface area (Å²) in [4.78, 5) is 0. The van der Waals surface area contributed by atoms with E-state index in [1.807, 2.05) is 0 Å². The minimum Gasteiger partial charge on any atom is -0.275 e. The van der Waals surface area contributed by atoms with Crippen LogP contribution in [0.3, 0.4) is 0 Å². The number of rotatable bonds is 1. The molecule has 14 heavy (non-hydrogen) atoms. The van der Waals surface area contributed by atoms with Crippen molar-refractivity contribution in [2.45, 2.75) is 6.43 Å². The molecule has 0 atom stereocenters. The van der Waals surface area contributed by atoms with Crippen LogP contribution in [0.1, 0.15) is 12.1 Å². The predicted octanol–water partition coefficient (Wildman–Crippen LogP) is 3.40. The topological polar surface area (TPSA) is 28.7 Å². The van der Waals surface area contributed by atoms with Crippen LogP contribution in [0, 0.1) is 5.82 Å². The maximum Gasteiger partial charge on any atom is 0.280 e. The molecule has 6 heteroatoms. The van der Waals surface area contributed by atoms with Gasteiger partial charge in [0.25, 0.3) is 6.43 Å². The van der Waals surface area contributed by atoms with Crippen molar-refractivity contribution in [1.82, 2.24) is 10.2 Å². The molecule has 74 valence electrons. The van der Waals surface area contributed by atoms with Crippen molar-refractivity contribution in [2.24, 2.45) is 0 Å². The first-order chi connectivity index (χ1) is 6.59. The van der Waals surface area contributed by atoms with Gasteiger partial charge in [0.15, 0.2) is 5.82 Å². The summed E-state index contributed by atoms with van der Waals surface area (Å²) in [5.41, 5.74) is -0.427. The molecule has 1 heterocycles. The summed E-state index contributed by atoms with van der Waals surface area (Å²) >= 11 is 3.02. The Kier molecular flexibility index (Phi) is 2.22. The fraction of sp³-hybridized carbons (Fsp3) is 0.125. The number of benzene rings is 1. The average Bonchev–Trinajstić information content (AvgIpc) is 2.47. The Bertz CT molecular complexity index is 481. The van der Waals surface area contributed by atoms with Crippen LogP contribution in [-0.2, 0) is 0 Å². The Morgan fingerprint density at radius 2 is 2.07 bits per heavy atom. The van der Waals surface area contributed by atoms with Gasteiger partial charge in [0.2, 0.25) is 0 Å². The van der Waals surface area contributed by atoms with E-state index in [4.69, 9.17) is 0 Å². The summed E-state index contributed by atoms with van der Waals surface area (Å²) in [6.45, 7) is 0. The van der Waals surface area contributed by atoms with Crippen LogP contribution >= 0.6 is 15.9 Å². The number of hydrogen-bond donors (Lipinski definition) is 1. The minimum atomic E-state index is -2.69. The Morgan fingerprint density at radius 3 is 2.71 bits per heavy atom. The summed E-state index contributed by atoms with van der Waals surface area (Å²) in [5, 5.41) is 5.70. The molecule has 0 aliphatic carbocycles. The number of hydrogen-bond acceptors (Lipinski definition) is 1. The number of fused-ring (bicyclic) bond motifs is 1. The Balaban J connectivity index is 2.78. The van der Waals surface area contributed by atoms with Gasteiger partial charge >= 0.3 is 0 Å². The molecular weight excluding hydrogens is 261 g/mol. The van der Waals surface area contributed by atoms with E-state index < -0.39 is 12.2 Å². The van der Waals surface area contributed by atoms with Crippen molar-refractivity contribution in [3.05, 3.63) is 28.1 Å². The van der Waals surface area contributed by atoms with Crippen molar-refractivity contribution in [3.8, 4) is 0 Å². The lowest BCUT2D eigenvalue weighted by Gasteiger charge is -1.96. The van der Waals surface area contributed by atoms with E-state index in [1.54, 1.807) is 0 Å². The number of nitrogens with zero attached hydrogens (tertiary/aromatic N) is 1. The summed E-state index contributed by atoms with van der Waals surface area (Å²) in [7, 11) is 0. The molecule has 2 aromatic rings. The number of nitrogens with one attached hydrogen (secondary N) is 1. The zero-order valence-corrected chi connectivity index (χ0v) is 8.28. The zero-order chi connectivity index (χ0) is 10.3. The minimum absolute atomic E-state index is 0.0662. The highest BCUT2D eigenvalue weighted by atomic mass is 79.9. The van der Waals surface area contributed by atoms with Crippen molar-refractivity contribution in [1.29, 1.82) is 0 Å². The van der Waals surface area contributed by atoms with Crippen molar-refractivity contribution < 1.29 is 13.2 Å².